The van der Waals surface area contributed by atoms with Gasteiger partial charge < -0.3 is 5.32 Å². The van der Waals surface area contributed by atoms with Gasteiger partial charge in [-0.3, -0.25) is 14.2 Å². The zero-order valence-electron chi connectivity index (χ0n) is 14.1. The predicted octanol–water partition coefficient (Wildman–Crippen LogP) is 3.33. The van der Waals surface area contributed by atoms with Gasteiger partial charge in [0, 0.05) is 10.6 Å². The Bertz CT molecular complexity index is 981. The summed E-state index contributed by atoms with van der Waals surface area (Å²) >= 11 is 1.49. The maximum Gasteiger partial charge on any atom is 0.262 e. The summed E-state index contributed by atoms with van der Waals surface area (Å²) in [6.07, 6.45) is 0. The third-order valence-electron chi connectivity index (χ3n) is 4.01. The molecule has 0 radical (unpaired) electrons. The Morgan fingerprint density at radius 3 is 2.54 bits per heavy atom. The molecule has 0 aliphatic heterocycles. The number of rotatable bonds is 3. The van der Waals surface area contributed by atoms with Gasteiger partial charge in [-0.15, -0.1) is 11.3 Å². The van der Waals surface area contributed by atoms with Crippen molar-refractivity contribution >= 4 is 33.1 Å². The fourth-order valence-electron chi connectivity index (χ4n) is 2.76. The molecule has 0 spiro atoms. The number of anilines is 1. The summed E-state index contributed by atoms with van der Waals surface area (Å²) < 4.78 is 1.43. The molecule has 0 bridgehead atoms. The van der Waals surface area contributed by atoms with Gasteiger partial charge in [0.1, 0.15) is 17.2 Å². The van der Waals surface area contributed by atoms with Crippen LogP contribution in [0.1, 0.15) is 21.8 Å². The number of fused-ring (bicyclic) bond motifs is 1. The quantitative estimate of drug-likeness (QED) is 0.795. The average Bonchev–Trinajstić information content (AvgIpc) is 2.88. The van der Waals surface area contributed by atoms with E-state index in [2.05, 4.69) is 10.3 Å². The first-order chi connectivity index (χ1) is 11.4. The van der Waals surface area contributed by atoms with E-state index in [0.717, 1.165) is 26.5 Å². The molecule has 3 aromatic rings. The molecular weight excluding hydrogens is 322 g/mol. The molecule has 2 heterocycles. The first-order valence-electron chi connectivity index (χ1n) is 7.70. The Morgan fingerprint density at radius 1 is 1.21 bits per heavy atom. The maximum atomic E-state index is 12.6. The molecule has 0 unspecified atom stereocenters. The number of nitrogens with zero attached hydrogens (tertiary/aromatic N) is 2. The fourth-order valence-corrected chi connectivity index (χ4v) is 3.67. The third kappa shape index (κ3) is 2.97. The van der Waals surface area contributed by atoms with Gasteiger partial charge in [-0.1, -0.05) is 18.2 Å². The normalized spacial score (nSPS) is 11.0. The lowest BCUT2D eigenvalue weighted by Crippen LogP contribution is -2.30. The summed E-state index contributed by atoms with van der Waals surface area (Å²) in [7, 11) is 0. The highest BCUT2D eigenvalue weighted by molar-refractivity contribution is 7.18. The van der Waals surface area contributed by atoms with Crippen LogP contribution >= 0.6 is 11.3 Å². The number of nitrogens with one attached hydrogen (secondary N) is 1. The largest absolute Gasteiger partial charge is 0.324 e. The van der Waals surface area contributed by atoms with E-state index in [1.54, 1.807) is 6.92 Å². The molecule has 1 amide bonds. The van der Waals surface area contributed by atoms with Crippen LogP contribution in [0, 0.1) is 27.7 Å². The van der Waals surface area contributed by atoms with Crippen molar-refractivity contribution in [2.45, 2.75) is 34.2 Å². The summed E-state index contributed by atoms with van der Waals surface area (Å²) in [6.45, 7) is 7.54. The lowest BCUT2D eigenvalue weighted by Gasteiger charge is -2.13. The van der Waals surface area contributed by atoms with Crippen LogP contribution in [0.5, 0.6) is 0 Å². The van der Waals surface area contributed by atoms with Crippen LogP contribution < -0.4 is 10.9 Å². The molecule has 24 heavy (non-hydrogen) atoms. The Kier molecular flexibility index (Phi) is 4.24. The number of benzene rings is 1. The van der Waals surface area contributed by atoms with Gasteiger partial charge in [0.2, 0.25) is 5.91 Å². The number of thiophene rings is 1. The van der Waals surface area contributed by atoms with E-state index in [1.807, 2.05) is 45.0 Å². The number of carbonyl (C=O) groups is 1. The van der Waals surface area contributed by atoms with Gasteiger partial charge in [0.05, 0.1) is 5.39 Å². The highest BCUT2D eigenvalue weighted by atomic mass is 32.1. The molecule has 2 aromatic heterocycles. The van der Waals surface area contributed by atoms with Crippen molar-refractivity contribution in [3.8, 4) is 0 Å². The van der Waals surface area contributed by atoms with Crippen LogP contribution in [-0.2, 0) is 11.3 Å². The fraction of sp³-hybridized carbons (Fsp3) is 0.278. The van der Waals surface area contributed by atoms with E-state index in [1.165, 1.54) is 15.9 Å². The SMILES string of the molecule is Cc1cc2c(=O)n(CC(=O)Nc3c(C)cccc3C)c(C)nc2s1. The van der Waals surface area contributed by atoms with Crippen molar-refractivity contribution in [2.75, 3.05) is 5.32 Å². The van der Waals surface area contributed by atoms with Crippen molar-refractivity contribution in [3.05, 3.63) is 56.4 Å². The number of hydrogen-bond acceptors (Lipinski definition) is 4. The topological polar surface area (TPSA) is 64.0 Å². The molecule has 0 saturated carbocycles. The van der Waals surface area contributed by atoms with E-state index in [9.17, 15) is 9.59 Å². The lowest BCUT2D eigenvalue weighted by atomic mass is 10.1. The lowest BCUT2D eigenvalue weighted by molar-refractivity contribution is -0.116. The van der Waals surface area contributed by atoms with Gasteiger partial charge in [0.15, 0.2) is 0 Å². The molecule has 0 fully saturated rings. The predicted molar refractivity (Wildman–Crippen MR) is 97.9 cm³/mol. The summed E-state index contributed by atoms with van der Waals surface area (Å²) in [4.78, 5) is 31.3. The van der Waals surface area contributed by atoms with Gasteiger partial charge >= 0.3 is 0 Å². The van der Waals surface area contributed by atoms with Crippen molar-refractivity contribution in [1.29, 1.82) is 0 Å². The minimum absolute atomic E-state index is 0.0454. The molecule has 0 saturated heterocycles. The molecule has 0 aliphatic carbocycles. The number of carbonyl (C=O) groups excluding carboxylic acids is 1. The molecule has 3 rings (SSSR count). The molecule has 124 valence electrons. The number of amides is 1. The van der Waals surface area contributed by atoms with E-state index in [-0.39, 0.29) is 18.0 Å². The second-order valence-corrected chi connectivity index (χ2v) is 7.18. The van der Waals surface area contributed by atoms with E-state index in [0.29, 0.717) is 11.2 Å². The van der Waals surface area contributed by atoms with Crippen LogP contribution in [0.25, 0.3) is 10.2 Å². The Hall–Kier alpha value is -2.47. The number of aryl methyl sites for hydroxylation is 4. The Balaban J connectivity index is 1.92. The average molecular weight is 341 g/mol. The van der Waals surface area contributed by atoms with Gasteiger partial charge in [0.25, 0.3) is 5.56 Å². The summed E-state index contributed by atoms with van der Waals surface area (Å²) in [5.41, 5.74) is 2.62. The minimum Gasteiger partial charge on any atom is -0.324 e. The Morgan fingerprint density at radius 2 is 1.88 bits per heavy atom. The van der Waals surface area contributed by atoms with Crippen LogP contribution in [0.2, 0.25) is 0 Å². The number of para-hydroxylation sites is 1. The van der Waals surface area contributed by atoms with Crippen LogP contribution in [0.3, 0.4) is 0 Å². The van der Waals surface area contributed by atoms with Crippen molar-refractivity contribution < 1.29 is 4.79 Å². The molecule has 1 N–H and O–H groups in total. The zero-order valence-corrected chi connectivity index (χ0v) is 15.0. The molecule has 1 aromatic carbocycles. The van der Waals surface area contributed by atoms with E-state index < -0.39 is 0 Å². The van der Waals surface area contributed by atoms with Crippen LogP contribution in [0.4, 0.5) is 5.69 Å². The number of aromatic nitrogens is 2. The van der Waals surface area contributed by atoms with Crippen LogP contribution in [-0.4, -0.2) is 15.5 Å². The van der Waals surface area contributed by atoms with Crippen molar-refractivity contribution in [3.63, 3.8) is 0 Å². The molecular formula is C18H19N3O2S. The molecule has 6 heteroatoms. The number of hydrogen-bond donors (Lipinski definition) is 1. The highest BCUT2D eigenvalue weighted by Crippen LogP contribution is 2.21. The first-order valence-corrected chi connectivity index (χ1v) is 8.52. The third-order valence-corrected chi connectivity index (χ3v) is 4.96. The second kappa shape index (κ2) is 6.20. The Labute approximate surface area is 144 Å². The van der Waals surface area contributed by atoms with E-state index >= 15 is 0 Å². The minimum atomic E-state index is -0.231. The van der Waals surface area contributed by atoms with Gasteiger partial charge in [-0.25, -0.2) is 4.98 Å². The van der Waals surface area contributed by atoms with Gasteiger partial charge in [-0.2, -0.15) is 0 Å². The second-order valence-electron chi connectivity index (χ2n) is 5.94. The molecule has 5 nitrogen and oxygen atoms in total. The standard InChI is InChI=1S/C18H19N3O2S/c1-10-6-5-7-11(2)16(10)20-15(22)9-21-13(4)19-17-14(18(21)23)8-12(3)24-17/h5-8H,9H2,1-4H3,(H,20,22). The summed E-state index contributed by atoms with van der Waals surface area (Å²) in [6, 6.07) is 7.67. The smallest absolute Gasteiger partial charge is 0.262 e. The van der Waals surface area contributed by atoms with E-state index in [4.69, 9.17) is 0 Å². The summed E-state index contributed by atoms with van der Waals surface area (Å²) in [5.74, 6) is 0.316. The monoisotopic (exact) mass is 341 g/mol. The van der Waals surface area contributed by atoms with Crippen molar-refractivity contribution in [1.82, 2.24) is 9.55 Å². The first kappa shape index (κ1) is 16.4. The molecule has 0 atom stereocenters. The van der Waals surface area contributed by atoms with Crippen LogP contribution in [0.15, 0.2) is 29.1 Å². The summed E-state index contributed by atoms with van der Waals surface area (Å²) in [5, 5.41) is 3.48. The maximum absolute atomic E-state index is 12.6. The van der Waals surface area contributed by atoms with Gasteiger partial charge in [-0.05, 0) is 44.9 Å². The van der Waals surface area contributed by atoms with Crippen molar-refractivity contribution in [2.24, 2.45) is 0 Å². The highest BCUT2D eigenvalue weighted by Gasteiger charge is 2.14. The molecule has 0 aliphatic rings. The zero-order chi connectivity index (χ0) is 17.4.